The van der Waals surface area contributed by atoms with Crippen molar-refractivity contribution < 1.29 is 23.9 Å². The van der Waals surface area contributed by atoms with Gasteiger partial charge in [-0.15, -0.1) is 0 Å². The SMILES string of the molecule is CC(=O)OCCN(CCCCC1CCCCC1)C(=O)CCCCOc1ccc2c(c1)CN1CC(=O)NC1=N2. The Morgan fingerprint density at radius 2 is 1.89 bits per heavy atom. The van der Waals surface area contributed by atoms with Gasteiger partial charge in [-0.05, 0) is 43.4 Å². The quantitative estimate of drug-likeness (QED) is 0.286. The van der Waals surface area contributed by atoms with Crippen molar-refractivity contribution >= 4 is 29.4 Å². The summed E-state index contributed by atoms with van der Waals surface area (Å²) in [6, 6.07) is 5.79. The molecular formula is C29H42N4O5. The number of guanidine groups is 1. The first-order chi connectivity index (χ1) is 18.5. The van der Waals surface area contributed by atoms with Crippen LogP contribution in [0, 0.1) is 5.92 Å². The largest absolute Gasteiger partial charge is 0.494 e. The maximum atomic E-state index is 12.9. The second kappa shape index (κ2) is 14.2. The van der Waals surface area contributed by atoms with Gasteiger partial charge in [0.25, 0.3) is 0 Å². The molecule has 0 bridgehead atoms. The molecule has 3 aliphatic rings. The molecule has 0 unspecified atom stereocenters. The van der Waals surface area contributed by atoms with Gasteiger partial charge in [0.05, 0.1) is 18.8 Å². The zero-order valence-electron chi connectivity index (χ0n) is 22.7. The van der Waals surface area contributed by atoms with Gasteiger partial charge in [-0.25, -0.2) is 4.99 Å². The molecule has 38 heavy (non-hydrogen) atoms. The van der Waals surface area contributed by atoms with E-state index in [0.29, 0.717) is 38.6 Å². The number of aliphatic imine (C=N–C) groups is 1. The van der Waals surface area contributed by atoms with Crippen molar-refractivity contribution in [1.82, 2.24) is 15.1 Å². The van der Waals surface area contributed by atoms with Crippen molar-refractivity contribution in [3.8, 4) is 5.75 Å². The molecule has 9 heteroatoms. The number of esters is 1. The Kier molecular flexibility index (Phi) is 10.4. The number of ether oxygens (including phenoxy) is 2. The molecule has 1 aromatic rings. The van der Waals surface area contributed by atoms with Crippen LogP contribution in [-0.4, -0.2) is 66.4 Å². The van der Waals surface area contributed by atoms with E-state index in [-0.39, 0.29) is 24.4 Å². The Morgan fingerprint density at radius 1 is 1.05 bits per heavy atom. The zero-order valence-corrected chi connectivity index (χ0v) is 22.7. The Morgan fingerprint density at radius 3 is 2.71 bits per heavy atom. The van der Waals surface area contributed by atoms with Crippen molar-refractivity contribution in [2.45, 2.75) is 84.1 Å². The van der Waals surface area contributed by atoms with E-state index >= 15 is 0 Å². The summed E-state index contributed by atoms with van der Waals surface area (Å²) < 4.78 is 11.0. The van der Waals surface area contributed by atoms with Crippen LogP contribution in [0.3, 0.4) is 0 Å². The number of hydrogen-bond acceptors (Lipinski definition) is 7. The molecule has 1 aliphatic carbocycles. The number of nitrogens with one attached hydrogen (secondary N) is 1. The molecule has 9 nitrogen and oxygen atoms in total. The van der Waals surface area contributed by atoms with E-state index in [2.05, 4.69) is 10.3 Å². The highest BCUT2D eigenvalue weighted by Crippen LogP contribution is 2.30. The van der Waals surface area contributed by atoms with Gasteiger partial charge in [-0.1, -0.05) is 44.9 Å². The maximum absolute atomic E-state index is 12.9. The van der Waals surface area contributed by atoms with E-state index in [9.17, 15) is 14.4 Å². The van der Waals surface area contributed by atoms with Crippen LogP contribution < -0.4 is 10.1 Å². The molecule has 1 aromatic carbocycles. The number of hydrogen-bond donors (Lipinski definition) is 1. The van der Waals surface area contributed by atoms with Crippen LogP contribution in [0.5, 0.6) is 5.75 Å². The van der Waals surface area contributed by atoms with Crippen molar-refractivity contribution in [2.24, 2.45) is 10.9 Å². The predicted octanol–water partition coefficient (Wildman–Crippen LogP) is 4.31. The number of rotatable bonds is 14. The molecule has 0 spiro atoms. The predicted molar refractivity (Wildman–Crippen MR) is 145 cm³/mol. The number of unbranched alkanes of at least 4 members (excludes halogenated alkanes) is 2. The summed E-state index contributed by atoms with van der Waals surface area (Å²) in [4.78, 5) is 44.0. The van der Waals surface area contributed by atoms with Crippen LogP contribution in [0.4, 0.5) is 5.69 Å². The van der Waals surface area contributed by atoms with Gasteiger partial charge in [0.15, 0.2) is 0 Å². The fourth-order valence-electron chi connectivity index (χ4n) is 5.53. The molecule has 1 N–H and O–H groups in total. The van der Waals surface area contributed by atoms with Gasteiger partial charge in [-0.2, -0.15) is 0 Å². The van der Waals surface area contributed by atoms with E-state index in [1.54, 1.807) is 0 Å². The third-order valence-corrected chi connectivity index (χ3v) is 7.61. The lowest BCUT2D eigenvalue weighted by atomic mass is 9.86. The van der Waals surface area contributed by atoms with Crippen molar-refractivity contribution in [1.29, 1.82) is 0 Å². The average Bonchev–Trinajstić information content (AvgIpc) is 3.27. The number of nitrogens with zero attached hydrogens (tertiary/aromatic N) is 3. The number of fused-ring (bicyclic) bond motifs is 2. The van der Waals surface area contributed by atoms with Crippen LogP contribution in [0.15, 0.2) is 23.2 Å². The minimum atomic E-state index is -0.313. The summed E-state index contributed by atoms with van der Waals surface area (Å²) in [5.74, 6) is 2.01. The third kappa shape index (κ3) is 8.46. The maximum Gasteiger partial charge on any atom is 0.302 e. The molecule has 2 amide bonds. The van der Waals surface area contributed by atoms with Crippen LogP contribution in [-0.2, 0) is 25.7 Å². The highest BCUT2D eigenvalue weighted by Gasteiger charge is 2.29. The second-order valence-electron chi connectivity index (χ2n) is 10.7. The summed E-state index contributed by atoms with van der Waals surface area (Å²) in [7, 11) is 0. The normalized spacial score (nSPS) is 16.8. The summed E-state index contributed by atoms with van der Waals surface area (Å²) in [6.07, 6.45) is 12.2. The van der Waals surface area contributed by atoms with Gasteiger partial charge in [0, 0.05) is 32.0 Å². The topological polar surface area (TPSA) is 101 Å². The van der Waals surface area contributed by atoms with E-state index in [1.165, 1.54) is 45.4 Å². The summed E-state index contributed by atoms with van der Waals surface area (Å²) >= 11 is 0. The number of carbonyl (C=O) groups excluding carboxylic acids is 3. The zero-order chi connectivity index (χ0) is 26.7. The molecule has 2 heterocycles. The molecule has 208 valence electrons. The number of benzene rings is 1. The number of carbonyl (C=O) groups is 3. The van der Waals surface area contributed by atoms with Crippen LogP contribution >= 0.6 is 0 Å². The minimum absolute atomic E-state index is 0.0352. The van der Waals surface area contributed by atoms with Gasteiger partial charge in [0.1, 0.15) is 18.9 Å². The van der Waals surface area contributed by atoms with E-state index < -0.39 is 0 Å². The summed E-state index contributed by atoms with van der Waals surface area (Å²) in [6.45, 7) is 4.31. The molecule has 1 saturated heterocycles. The molecule has 0 atom stereocenters. The first-order valence-electron chi connectivity index (χ1n) is 14.3. The third-order valence-electron chi connectivity index (χ3n) is 7.61. The lowest BCUT2D eigenvalue weighted by molar-refractivity contribution is -0.143. The Bertz CT molecular complexity index is 1000. The Labute approximate surface area is 225 Å². The molecule has 2 aliphatic heterocycles. The summed E-state index contributed by atoms with van der Waals surface area (Å²) in [5.41, 5.74) is 1.88. The first-order valence-corrected chi connectivity index (χ1v) is 14.3. The number of amides is 2. The van der Waals surface area contributed by atoms with Crippen LogP contribution in [0.25, 0.3) is 0 Å². The molecule has 0 radical (unpaired) electrons. The van der Waals surface area contributed by atoms with Gasteiger partial charge in [-0.3, -0.25) is 19.7 Å². The fourth-order valence-corrected chi connectivity index (χ4v) is 5.53. The molecular weight excluding hydrogens is 484 g/mol. The molecule has 2 fully saturated rings. The van der Waals surface area contributed by atoms with Crippen molar-refractivity contribution in [2.75, 3.05) is 32.8 Å². The second-order valence-corrected chi connectivity index (χ2v) is 10.7. The van der Waals surface area contributed by atoms with E-state index in [4.69, 9.17) is 9.47 Å². The standard InChI is InChI=1S/C29H42N4O5/c1-22(34)37-18-16-32(15-7-5-11-23-9-3-2-4-10-23)28(36)12-6-8-17-38-25-13-14-26-24(19-25)20-33-21-27(35)31-29(33)30-26/h13-14,19,23H,2-12,15-18,20-21H2,1H3,(H,30,31,35). The minimum Gasteiger partial charge on any atom is -0.494 e. The summed E-state index contributed by atoms with van der Waals surface area (Å²) in [5, 5.41) is 2.77. The fraction of sp³-hybridized carbons (Fsp3) is 0.655. The van der Waals surface area contributed by atoms with Crippen LogP contribution in [0.1, 0.15) is 83.1 Å². The van der Waals surface area contributed by atoms with Crippen molar-refractivity contribution in [3.63, 3.8) is 0 Å². The molecule has 4 rings (SSSR count). The Hall–Kier alpha value is -3.10. The first kappa shape index (κ1) is 27.9. The smallest absolute Gasteiger partial charge is 0.302 e. The van der Waals surface area contributed by atoms with Gasteiger partial charge in [0.2, 0.25) is 17.8 Å². The lowest BCUT2D eigenvalue weighted by Crippen LogP contribution is -2.35. The lowest BCUT2D eigenvalue weighted by Gasteiger charge is -2.24. The van der Waals surface area contributed by atoms with Crippen LogP contribution in [0.2, 0.25) is 0 Å². The highest BCUT2D eigenvalue weighted by atomic mass is 16.5. The molecule has 1 saturated carbocycles. The highest BCUT2D eigenvalue weighted by molar-refractivity contribution is 6.05. The monoisotopic (exact) mass is 526 g/mol. The van der Waals surface area contributed by atoms with Gasteiger partial charge >= 0.3 is 5.97 Å². The van der Waals surface area contributed by atoms with Crippen molar-refractivity contribution in [3.05, 3.63) is 23.8 Å². The average molecular weight is 527 g/mol. The molecule has 0 aromatic heterocycles. The van der Waals surface area contributed by atoms with E-state index in [1.807, 2.05) is 28.0 Å². The van der Waals surface area contributed by atoms with Gasteiger partial charge < -0.3 is 19.3 Å². The van der Waals surface area contributed by atoms with E-state index in [0.717, 1.165) is 55.1 Å². The Balaban J connectivity index is 1.15.